The maximum absolute atomic E-state index is 14.0. The van der Waals surface area contributed by atoms with Crippen molar-refractivity contribution in [3.8, 4) is 0 Å². The molecule has 8 nitrogen and oxygen atoms in total. The van der Waals surface area contributed by atoms with Gasteiger partial charge in [0.2, 0.25) is 0 Å². The highest BCUT2D eigenvalue weighted by atomic mass is 32.2. The Morgan fingerprint density at radius 3 is 2.67 bits per heavy atom. The molecule has 0 aliphatic carbocycles. The molecule has 202 valence electrons. The minimum absolute atomic E-state index is 0.158. The first-order valence-electron chi connectivity index (χ1n) is 12.5. The molecule has 0 unspecified atom stereocenters. The van der Waals surface area contributed by atoms with Crippen LogP contribution >= 0.6 is 0 Å². The number of imidazole rings is 1. The molecule has 3 aromatic rings. The molecular formula is C29H30FN5O3S. The van der Waals surface area contributed by atoms with E-state index in [1.165, 1.54) is 12.1 Å². The number of hydrogen-bond donors (Lipinski definition) is 0. The normalized spacial score (nSPS) is 15.0. The summed E-state index contributed by atoms with van der Waals surface area (Å²) in [4.78, 5) is 7.45. The van der Waals surface area contributed by atoms with Gasteiger partial charge in [0.05, 0.1) is 41.7 Å². The number of anilines is 2. The molecule has 0 saturated carbocycles. The van der Waals surface area contributed by atoms with Crippen LogP contribution in [0.4, 0.5) is 21.5 Å². The summed E-state index contributed by atoms with van der Waals surface area (Å²) in [5.74, 6) is 0.884. The van der Waals surface area contributed by atoms with Crippen molar-refractivity contribution in [3.05, 3.63) is 102 Å². The van der Waals surface area contributed by atoms with E-state index in [2.05, 4.69) is 11.4 Å². The highest BCUT2D eigenvalue weighted by molar-refractivity contribution is 7.85. The molecule has 2 heterocycles. The minimum Gasteiger partial charge on any atom is -0.748 e. The van der Waals surface area contributed by atoms with Crippen molar-refractivity contribution in [3.63, 3.8) is 0 Å². The Morgan fingerprint density at radius 2 is 2.00 bits per heavy atom. The van der Waals surface area contributed by atoms with Crippen LogP contribution in [0.1, 0.15) is 26.1 Å². The third-order valence-electron chi connectivity index (χ3n) is 6.64. The average Bonchev–Trinajstić information content (AvgIpc) is 3.34. The largest absolute Gasteiger partial charge is 0.748 e. The molecule has 2 aromatic carbocycles. The van der Waals surface area contributed by atoms with Gasteiger partial charge in [0.1, 0.15) is 11.6 Å². The van der Waals surface area contributed by atoms with Crippen LogP contribution < -0.4 is 14.4 Å². The number of aryl methyl sites for hydroxylation is 2. The summed E-state index contributed by atoms with van der Waals surface area (Å²) in [5, 5.41) is 0. The number of aromatic nitrogens is 2. The van der Waals surface area contributed by atoms with Gasteiger partial charge in [0.15, 0.2) is 16.7 Å². The Hall–Kier alpha value is -4.20. The lowest BCUT2D eigenvalue weighted by atomic mass is 10.2. The van der Waals surface area contributed by atoms with Crippen LogP contribution in [-0.4, -0.2) is 29.8 Å². The third-order valence-corrected chi connectivity index (χ3v) is 7.43. The third kappa shape index (κ3) is 5.79. The fraction of sp³-hybridized carbons (Fsp3) is 0.241. The van der Waals surface area contributed by atoms with Gasteiger partial charge < -0.3 is 14.4 Å². The van der Waals surface area contributed by atoms with E-state index in [1.54, 1.807) is 24.4 Å². The Bertz CT molecular complexity index is 1680. The van der Waals surface area contributed by atoms with E-state index in [0.717, 1.165) is 39.6 Å². The zero-order valence-corrected chi connectivity index (χ0v) is 22.9. The monoisotopic (exact) mass is 547 g/mol. The van der Waals surface area contributed by atoms with Gasteiger partial charge in [-0.25, -0.2) is 26.8 Å². The molecule has 39 heavy (non-hydrogen) atoms. The molecule has 10 heteroatoms. The summed E-state index contributed by atoms with van der Waals surface area (Å²) in [6.45, 7) is 16.2. The van der Waals surface area contributed by atoms with E-state index in [4.69, 9.17) is 6.57 Å². The number of rotatable bonds is 9. The first-order valence-corrected chi connectivity index (χ1v) is 14.0. The maximum Gasteiger partial charge on any atom is 0.282 e. The van der Waals surface area contributed by atoms with Crippen LogP contribution in [0, 0.1) is 12.4 Å². The van der Waals surface area contributed by atoms with Crippen molar-refractivity contribution >= 4 is 44.3 Å². The Balaban J connectivity index is 1.69. The minimum atomic E-state index is -4.33. The number of allylic oxidation sites excluding steroid dienone is 4. The Morgan fingerprint density at radius 1 is 1.23 bits per heavy atom. The number of nitrogens with zero attached hydrogens (tertiary/aromatic N) is 5. The summed E-state index contributed by atoms with van der Waals surface area (Å²) in [7, 11) is -2.43. The molecular weight excluding hydrogens is 517 g/mol. The number of benzene rings is 2. The van der Waals surface area contributed by atoms with Crippen LogP contribution in [0.5, 0.6) is 0 Å². The van der Waals surface area contributed by atoms with E-state index in [9.17, 15) is 17.4 Å². The molecule has 1 aromatic heterocycles. The molecule has 0 atom stereocenters. The zero-order valence-electron chi connectivity index (χ0n) is 22.1. The Kier molecular flexibility index (Phi) is 8.04. The predicted octanol–water partition coefficient (Wildman–Crippen LogP) is 5.38. The molecule has 4 rings (SSSR count). The van der Waals surface area contributed by atoms with Gasteiger partial charge in [0.25, 0.3) is 5.82 Å². The van der Waals surface area contributed by atoms with E-state index in [-0.39, 0.29) is 12.2 Å². The number of halogens is 1. The van der Waals surface area contributed by atoms with Gasteiger partial charge in [-0.05, 0) is 56.7 Å². The van der Waals surface area contributed by atoms with Gasteiger partial charge in [-0.15, -0.1) is 0 Å². The van der Waals surface area contributed by atoms with Gasteiger partial charge >= 0.3 is 0 Å². The summed E-state index contributed by atoms with van der Waals surface area (Å²) < 4.78 is 51.4. The topological polar surface area (TPSA) is 76.8 Å². The van der Waals surface area contributed by atoms with Crippen molar-refractivity contribution in [2.24, 2.45) is 7.05 Å². The molecule has 0 amide bonds. The standard InChI is InChI=1S/C29H30FN5O3S/c1-6-33-25-13-11-22(30)19-26(25)34(7-2)29(33)16-10-21(3)9-15-28-32(5)24-14-12-23(31-4)20-27(24)35(28)17-8-18-39(36,37)38/h6,9-16,19-20H,1,7-8,17-18H2,2-3,5H3. The van der Waals surface area contributed by atoms with Crippen molar-refractivity contribution in [1.29, 1.82) is 0 Å². The molecule has 0 N–H and O–H groups in total. The second-order valence-corrected chi connectivity index (χ2v) is 10.7. The van der Waals surface area contributed by atoms with E-state index in [1.807, 2.05) is 70.2 Å². The van der Waals surface area contributed by atoms with Gasteiger partial charge in [-0.2, -0.15) is 0 Å². The van der Waals surface area contributed by atoms with Crippen LogP contribution in [0.3, 0.4) is 0 Å². The van der Waals surface area contributed by atoms with Crippen molar-refractivity contribution in [2.45, 2.75) is 26.8 Å². The number of fused-ring (bicyclic) bond motifs is 2. The van der Waals surface area contributed by atoms with Gasteiger partial charge in [0, 0.05) is 24.6 Å². The Labute approximate surface area is 228 Å². The van der Waals surface area contributed by atoms with Crippen LogP contribution in [0.25, 0.3) is 22.0 Å². The fourth-order valence-corrected chi connectivity index (χ4v) is 5.28. The average molecular weight is 548 g/mol. The fourth-order valence-electron chi connectivity index (χ4n) is 4.80. The summed E-state index contributed by atoms with van der Waals surface area (Å²) in [6, 6.07) is 10.1. The van der Waals surface area contributed by atoms with Crippen molar-refractivity contribution in [1.82, 2.24) is 4.57 Å². The van der Waals surface area contributed by atoms with Gasteiger partial charge in [-0.3, -0.25) is 0 Å². The van der Waals surface area contributed by atoms with Crippen LogP contribution in [-0.2, 0) is 23.7 Å². The lowest BCUT2D eigenvalue weighted by molar-refractivity contribution is -0.647. The molecule has 0 spiro atoms. The molecule has 0 fully saturated rings. The van der Waals surface area contributed by atoms with E-state index in [0.29, 0.717) is 18.8 Å². The molecule has 0 radical (unpaired) electrons. The lowest BCUT2D eigenvalue weighted by Gasteiger charge is -2.21. The summed E-state index contributed by atoms with van der Waals surface area (Å²) >= 11 is 0. The van der Waals surface area contributed by atoms with Crippen molar-refractivity contribution < 1.29 is 21.9 Å². The molecule has 1 aliphatic rings. The number of hydrogen-bond acceptors (Lipinski definition) is 5. The zero-order chi connectivity index (χ0) is 28.3. The van der Waals surface area contributed by atoms with E-state index >= 15 is 0 Å². The molecule has 1 aliphatic heterocycles. The molecule has 0 bridgehead atoms. The smallest absolute Gasteiger partial charge is 0.282 e. The van der Waals surface area contributed by atoms with E-state index < -0.39 is 15.9 Å². The van der Waals surface area contributed by atoms with Crippen LogP contribution in [0.2, 0.25) is 0 Å². The van der Waals surface area contributed by atoms with Gasteiger partial charge in [-0.1, -0.05) is 30.4 Å². The van der Waals surface area contributed by atoms with Crippen molar-refractivity contribution in [2.75, 3.05) is 22.1 Å². The predicted molar refractivity (Wildman–Crippen MR) is 152 cm³/mol. The highest BCUT2D eigenvalue weighted by Gasteiger charge is 2.28. The highest BCUT2D eigenvalue weighted by Crippen LogP contribution is 2.42. The second-order valence-electron chi connectivity index (χ2n) is 9.17. The second kappa shape index (κ2) is 11.3. The SMILES string of the molecule is [C-]#[N+]c1ccc2c(c1)n(CCCS(=O)(=O)[O-])c(/C=C/C(C)=C/C=C1\N(C=C)c3ccc(F)cc3N1CC)[n+]2C. The summed E-state index contributed by atoms with van der Waals surface area (Å²) in [6.07, 6.45) is 9.65. The lowest BCUT2D eigenvalue weighted by Crippen LogP contribution is -2.31. The summed E-state index contributed by atoms with van der Waals surface area (Å²) in [5.41, 5.74) is 4.71. The quantitative estimate of drug-likeness (QED) is 0.156. The molecule has 0 saturated heterocycles. The first-order chi connectivity index (χ1) is 18.6. The van der Waals surface area contributed by atoms with Crippen LogP contribution in [0.15, 0.2) is 78.8 Å². The first kappa shape index (κ1) is 27.8. The maximum atomic E-state index is 14.0.